The van der Waals surface area contributed by atoms with Gasteiger partial charge in [0.15, 0.2) is 0 Å². The summed E-state index contributed by atoms with van der Waals surface area (Å²) in [5.74, 6) is 20.0. The Morgan fingerprint density at radius 3 is 1.24 bits per heavy atom. The molecule has 3 aromatic heterocycles. The number of hydrogen-bond donors (Lipinski definition) is 0. The van der Waals surface area contributed by atoms with Crippen LogP contribution < -0.4 is 9.47 Å². The van der Waals surface area contributed by atoms with Gasteiger partial charge in [-0.1, -0.05) is 113 Å². The zero-order valence-corrected chi connectivity index (χ0v) is 56.8. The SMILES string of the molecule is COC(=O)CN1CCN(Cc2cc(C#Cc3ccc(OCCC#C[Si](C(C)C)(C(C)C)C(C)C)cc3)cc(C(=O)OC)n2)CCN(Cc2cc(C#Cc3ccc(OCCC#C[Si](C(C)C)(C(C)C)C(C)C)cc3)cc(C(=O)OC)n2)Cc2cccc(n2)C1. The third kappa shape index (κ3) is 19.7. The summed E-state index contributed by atoms with van der Waals surface area (Å²) in [5.41, 5.74) is 16.9. The van der Waals surface area contributed by atoms with E-state index in [2.05, 4.69) is 139 Å². The summed E-state index contributed by atoms with van der Waals surface area (Å²) in [6.07, 6.45) is 1.32. The Kier molecular flexibility index (Phi) is 26.6. The number of pyridine rings is 3. The van der Waals surface area contributed by atoms with Crippen LogP contribution in [0, 0.1) is 46.6 Å². The van der Waals surface area contributed by atoms with E-state index in [1.165, 1.54) is 21.3 Å². The van der Waals surface area contributed by atoms with Crippen LogP contribution >= 0.6 is 0 Å². The van der Waals surface area contributed by atoms with Gasteiger partial charge in [0, 0.05) is 87.5 Å². The van der Waals surface area contributed by atoms with Crippen molar-refractivity contribution in [3.05, 3.63) is 147 Å². The smallest absolute Gasteiger partial charge is 0.356 e. The molecule has 1 aliphatic rings. The second-order valence-corrected chi connectivity index (χ2v) is 35.6. The molecule has 14 nitrogen and oxygen atoms in total. The fraction of sp³-hybridized carbons (Fsp3) is 0.472. The van der Waals surface area contributed by atoms with Crippen molar-refractivity contribution in [1.82, 2.24) is 29.7 Å². The van der Waals surface area contributed by atoms with E-state index in [1.54, 1.807) is 12.1 Å². The maximum absolute atomic E-state index is 13.2. The molecule has 1 aliphatic heterocycles. The molecule has 0 fully saturated rings. The lowest BCUT2D eigenvalue weighted by Crippen LogP contribution is -2.43. The van der Waals surface area contributed by atoms with E-state index in [9.17, 15) is 14.4 Å². The fourth-order valence-electron chi connectivity index (χ4n) is 12.3. The first-order valence-electron chi connectivity index (χ1n) is 31.0. The largest absolute Gasteiger partial charge is 0.493 e. The second kappa shape index (κ2) is 33.7. The van der Waals surface area contributed by atoms with E-state index in [4.69, 9.17) is 38.6 Å². The van der Waals surface area contributed by atoms with Crippen molar-refractivity contribution in [2.45, 2.75) is 155 Å². The van der Waals surface area contributed by atoms with Gasteiger partial charge in [0.1, 0.15) is 39.0 Å². The molecule has 0 radical (unpaired) electrons. The summed E-state index contributed by atoms with van der Waals surface area (Å²) in [6, 6.07) is 28.3. The van der Waals surface area contributed by atoms with Gasteiger partial charge in [0.05, 0.1) is 63.9 Å². The van der Waals surface area contributed by atoms with Gasteiger partial charge in [-0.05, 0) is 118 Å². The van der Waals surface area contributed by atoms with Crippen molar-refractivity contribution < 1.29 is 38.1 Å². The summed E-state index contributed by atoms with van der Waals surface area (Å²) in [4.78, 5) is 60.2. The predicted molar refractivity (Wildman–Crippen MR) is 355 cm³/mol. The molecule has 2 aromatic carbocycles. The third-order valence-corrected chi connectivity index (χ3v) is 29.4. The molecule has 0 atom stereocenters. The number of carbonyl (C=O) groups is 3. The monoisotopic (exact) mass is 1220 g/mol. The number of esters is 3. The van der Waals surface area contributed by atoms with Gasteiger partial charge in [-0.2, -0.15) is 0 Å². The Labute approximate surface area is 527 Å². The first kappa shape index (κ1) is 69.6. The number of rotatable bonds is 20. The molecule has 5 aromatic rings. The molecule has 0 spiro atoms. The van der Waals surface area contributed by atoms with Crippen LogP contribution in [0.4, 0.5) is 0 Å². The van der Waals surface area contributed by atoms with Crippen LogP contribution in [0.15, 0.2) is 91.0 Å². The number of nitrogens with zero attached hydrogens (tertiary/aromatic N) is 6. The number of fused-ring (bicyclic) bond motifs is 2. The Hall–Kier alpha value is -7.55. The predicted octanol–water partition coefficient (Wildman–Crippen LogP) is 12.7. The molecule has 0 amide bonds. The second-order valence-electron chi connectivity index (χ2n) is 24.5. The zero-order valence-electron chi connectivity index (χ0n) is 54.8. The quantitative estimate of drug-likeness (QED) is 0.0239. The van der Waals surface area contributed by atoms with Crippen molar-refractivity contribution in [1.29, 1.82) is 0 Å². The molecule has 16 heteroatoms. The van der Waals surface area contributed by atoms with Crippen LogP contribution in [-0.4, -0.2) is 131 Å². The maximum atomic E-state index is 13.2. The minimum absolute atomic E-state index is 0.0675. The lowest BCUT2D eigenvalue weighted by Gasteiger charge is -2.38. The van der Waals surface area contributed by atoms with Crippen LogP contribution in [0.2, 0.25) is 33.2 Å². The number of methoxy groups -OCH3 is 3. The van der Waals surface area contributed by atoms with Crippen molar-refractivity contribution in [3.63, 3.8) is 0 Å². The minimum Gasteiger partial charge on any atom is -0.493 e. The maximum Gasteiger partial charge on any atom is 0.356 e. The highest BCUT2D eigenvalue weighted by atomic mass is 28.3. The van der Waals surface area contributed by atoms with Gasteiger partial charge in [0.2, 0.25) is 0 Å². The minimum atomic E-state index is -1.80. The van der Waals surface area contributed by atoms with Crippen LogP contribution in [0.3, 0.4) is 0 Å². The standard InChI is InChI=1S/C72H92N6O8Si2/c1-52(2)87(53(3)4,54(5)6)41-18-16-39-85-66-31-27-58(28-32-66)23-25-60-43-64(74-68(45-60)71(80)83-14)49-76-35-37-77(47-62-21-20-22-63(73-62)48-78(38-36-76)51-70(79)82-13)50-65-44-61(46-69(75-65)72(81)84-15)26-24-59-29-33-67(34-30-59)86-40-17-19-42-88(55(7)8,56(9)10)57(11)12/h20-22,27-34,43-46,52-57H,16-17,35-40,47-51H2,1-15H3. The van der Waals surface area contributed by atoms with Gasteiger partial charge in [-0.25, -0.2) is 19.6 Å². The van der Waals surface area contributed by atoms with E-state index < -0.39 is 28.1 Å². The Balaban J connectivity index is 1.22. The first-order valence-corrected chi connectivity index (χ1v) is 35.4. The molecule has 0 saturated heterocycles. The van der Waals surface area contributed by atoms with E-state index in [0.717, 1.165) is 34.0 Å². The highest BCUT2D eigenvalue weighted by molar-refractivity contribution is 6.91. The first-order chi connectivity index (χ1) is 42.1. The number of carbonyl (C=O) groups excluding carboxylic acids is 3. The number of benzene rings is 2. The normalized spacial score (nSPS) is 13.5. The van der Waals surface area contributed by atoms with Crippen molar-refractivity contribution in [2.24, 2.45) is 0 Å². The van der Waals surface area contributed by atoms with Crippen molar-refractivity contribution in [3.8, 4) is 58.1 Å². The third-order valence-electron chi connectivity index (χ3n) is 16.7. The highest BCUT2D eigenvalue weighted by Crippen LogP contribution is 2.42. The summed E-state index contributed by atoms with van der Waals surface area (Å²) in [5, 5.41) is 0. The highest BCUT2D eigenvalue weighted by Gasteiger charge is 2.42. The van der Waals surface area contributed by atoms with E-state index >= 15 is 0 Å². The summed E-state index contributed by atoms with van der Waals surface area (Å²) >= 11 is 0. The van der Waals surface area contributed by atoms with Crippen LogP contribution in [0.5, 0.6) is 11.5 Å². The number of aromatic nitrogens is 3. The van der Waals surface area contributed by atoms with Gasteiger partial charge in [-0.15, -0.1) is 22.9 Å². The molecule has 466 valence electrons. The van der Waals surface area contributed by atoms with Crippen LogP contribution in [0.1, 0.15) is 162 Å². The van der Waals surface area contributed by atoms with Gasteiger partial charge >= 0.3 is 17.9 Å². The average Bonchev–Trinajstić information content (AvgIpc) is 2.15. The summed E-state index contributed by atoms with van der Waals surface area (Å²) in [6.45, 7) is 32.5. The fourth-order valence-corrected chi connectivity index (χ4v) is 22.9. The van der Waals surface area contributed by atoms with E-state index in [1.807, 2.05) is 83.8 Å². The molecule has 2 bridgehead atoms. The molecular weight excluding hydrogens is 1130 g/mol. The topological polar surface area (TPSA) is 146 Å². The van der Waals surface area contributed by atoms with Crippen molar-refractivity contribution in [2.75, 3.05) is 67.3 Å². The van der Waals surface area contributed by atoms with E-state index in [0.29, 0.717) is 134 Å². The van der Waals surface area contributed by atoms with Gasteiger partial charge in [-0.3, -0.25) is 24.5 Å². The molecule has 0 unspecified atom stereocenters. The number of hydrogen-bond acceptors (Lipinski definition) is 14. The Morgan fingerprint density at radius 1 is 0.466 bits per heavy atom. The lowest BCUT2D eigenvalue weighted by atomic mass is 10.1. The molecule has 0 aliphatic carbocycles. The average molecular weight is 1230 g/mol. The van der Waals surface area contributed by atoms with Crippen LogP contribution in [0.25, 0.3) is 0 Å². The Morgan fingerprint density at radius 2 is 0.841 bits per heavy atom. The molecule has 0 N–H and O–H groups in total. The Bertz CT molecular complexity index is 3370. The van der Waals surface area contributed by atoms with E-state index in [-0.39, 0.29) is 23.9 Å². The van der Waals surface area contributed by atoms with Crippen LogP contribution in [-0.2, 0) is 45.2 Å². The van der Waals surface area contributed by atoms with Gasteiger partial charge < -0.3 is 23.7 Å². The zero-order chi connectivity index (χ0) is 64.0. The molecular formula is C72H92N6O8Si2. The summed E-state index contributed by atoms with van der Waals surface area (Å²) < 4.78 is 27.7. The van der Waals surface area contributed by atoms with Crippen molar-refractivity contribution >= 4 is 34.1 Å². The molecule has 88 heavy (non-hydrogen) atoms. The van der Waals surface area contributed by atoms with Gasteiger partial charge in [0.25, 0.3) is 0 Å². The molecule has 6 rings (SSSR count). The lowest BCUT2D eigenvalue weighted by molar-refractivity contribution is -0.142. The number of ether oxygens (including phenoxy) is 5. The molecule has 0 saturated carbocycles. The summed E-state index contributed by atoms with van der Waals surface area (Å²) in [7, 11) is 0.452. The molecule has 4 heterocycles.